The summed E-state index contributed by atoms with van der Waals surface area (Å²) in [4.78, 5) is 4.63. The SMILES string of the molecule is CCc1cc(NCC(C)(O)CSC)c2ccccc2n1. The van der Waals surface area contributed by atoms with E-state index in [0.717, 1.165) is 28.7 Å². The van der Waals surface area contributed by atoms with Crippen molar-refractivity contribution in [3.05, 3.63) is 36.0 Å². The molecule has 1 unspecified atom stereocenters. The van der Waals surface area contributed by atoms with Gasteiger partial charge in [0.05, 0.1) is 11.1 Å². The number of thioether (sulfide) groups is 1. The fourth-order valence-corrected chi connectivity index (χ4v) is 2.93. The summed E-state index contributed by atoms with van der Waals surface area (Å²) in [6.45, 7) is 4.50. The number of hydrogen-bond acceptors (Lipinski definition) is 4. The Morgan fingerprint density at radius 1 is 1.35 bits per heavy atom. The molecule has 0 bridgehead atoms. The minimum atomic E-state index is -0.712. The number of aromatic nitrogens is 1. The van der Waals surface area contributed by atoms with Crippen molar-refractivity contribution in [2.24, 2.45) is 0 Å². The van der Waals surface area contributed by atoms with Gasteiger partial charge in [0.25, 0.3) is 0 Å². The Labute approximate surface area is 124 Å². The van der Waals surface area contributed by atoms with E-state index < -0.39 is 5.60 Å². The standard InChI is InChI=1S/C16H22N2OS/c1-4-12-9-15(17-10-16(2,19)11-20-3)13-7-5-6-8-14(13)18-12/h5-9,19H,4,10-11H2,1-3H3,(H,17,18). The minimum Gasteiger partial charge on any atom is -0.387 e. The molecule has 0 amide bonds. The molecule has 3 nitrogen and oxygen atoms in total. The first-order valence-corrected chi connectivity index (χ1v) is 8.29. The highest BCUT2D eigenvalue weighted by Crippen LogP contribution is 2.24. The van der Waals surface area contributed by atoms with Crippen LogP contribution in [0.5, 0.6) is 0 Å². The number of pyridine rings is 1. The molecule has 0 radical (unpaired) electrons. The average Bonchev–Trinajstić information content (AvgIpc) is 2.44. The normalized spacial score (nSPS) is 14.2. The summed E-state index contributed by atoms with van der Waals surface area (Å²) in [6.07, 6.45) is 2.91. The lowest BCUT2D eigenvalue weighted by atomic mass is 10.1. The summed E-state index contributed by atoms with van der Waals surface area (Å²) in [7, 11) is 0. The predicted octanol–water partition coefficient (Wildman–Crippen LogP) is 3.32. The van der Waals surface area contributed by atoms with Gasteiger partial charge in [0.15, 0.2) is 0 Å². The third-order valence-corrected chi connectivity index (χ3v) is 4.16. The average molecular weight is 290 g/mol. The Balaban J connectivity index is 2.28. The van der Waals surface area contributed by atoms with Gasteiger partial charge >= 0.3 is 0 Å². The molecule has 1 aromatic carbocycles. The van der Waals surface area contributed by atoms with E-state index in [1.165, 1.54) is 0 Å². The number of anilines is 1. The van der Waals surface area contributed by atoms with Crippen LogP contribution in [0.2, 0.25) is 0 Å². The maximum Gasteiger partial charge on any atom is 0.0880 e. The summed E-state index contributed by atoms with van der Waals surface area (Å²) in [5.74, 6) is 0.712. The van der Waals surface area contributed by atoms with E-state index in [2.05, 4.69) is 29.4 Å². The van der Waals surface area contributed by atoms with E-state index in [0.29, 0.717) is 12.3 Å². The fraction of sp³-hybridized carbons (Fsp3) is 0.438. The number of para-hydroxylation sites is 1. The topological polar surface area (TPSA) is 45.1 Å². The highest BCUT2D eigenvalue weighted by Gasteiger charge is 2.19. The van der Waals surface area contributed by atoms with E-state index in [1.807, 2.05) is 31.4 Å². The highest BCUT2D eigenvalue weighted by atomic mass is 32.2. The van der Waals surface area contributed by atoms with Crippen LogP contribution < -0.4 is 5.32 Å². The zero-order valence-electron chi connectivity index (χ0n) is 12.3. The number of nitrogens with zero attached hydrogens (tertiary/aromatic N) is 1. The first-order valence-electron chi connectivity index (χ1n) is 6.89. The van der Waals surface area contributed by atoms with Gasteiger partial charge in [-0.3, -0.25) is 4.98 Å². The van der Waals surface area contributed by atoms with Crippen molar-refractivity contribution in [2.75, 3.05) is 23.9 Å². The molecule has 0 aliphatic carbocycles. The number of aliphatic hydroxyl groups is 1. The molecule has 0 fully saturated rings. The quantitative estimate of drug-likeness (QED) is 0.856. The first kappa shape index (κ1) is 15.1. The molecule has 1 aromatic heterocycles. The number of benzene rings is 1. The zero-order chi connectivity index (χ0) is 14.6. The molecule has 2 aromatic rings. The summed E-state index contributed by atoms with van der Waals surface area (Å²) in [5.41, 5.74) is 2.40. The van der Waals surface area contributed by atoms with Crippen molar-refractivity contribution in [1.29, 1.82) is 0 Å². The molecule has 0 aliphatic heterocycles. The summed E-state index contributed by atoms with van der Waals surface area (Å²) in [6, 6.07) is 10.2. The third-order valence-electron chi connectivity index (χ3n) is 3.25. The van der Waals surface area contributed by atoms with Crippen LogP contribution in [0.15, 0.2) is 30.3 Å². The largest absolute Gasteiger partial charge is 0.387 e. The van der Waals surface area contributed by atoms with Crippen molar-refractivity contribution >= 4 is 28.4 Å². The Kier molecular flexibility index (Phi) is 4.89. The summed E-state index contributed by atoms with van der Waals surface area (Å²) >= 11 is 1.65. The van der Waals surface area contributed by atoms with Crippen LogP contribution in [0.3, 0.4) is 0 Å². The van der Waals surface area contributed by atoms with Crippen molar-refractivity contribution < 1.29 is 5.11 Å². The Morgan fingerprint density at radius 2 is 2.10 bits per heavy atom. The molecule has 0 spiro atoms. The Bertz CT molecular complexity index is 584. The molecule has 4 heteroatoms. The fourth-order valence-electron chi connectivity index (χ4n) is 2.21. The molecule has 0 aliphatic rings. The van der Waals surface area contributed by atoms with Gasteiger partial charge in [-0.1, -0.05) is 25.1 Å². The number of hydrogen-bond donors (Lipinski definition) is 2. The predicted molar refractivity (Wildman–Crippen MR) is 88.6 cm³/mol. The number of aryl methyl sites for hydroxylation is 1. The maximum absolute atomic E-state index is 10.3. The monoisotopic (exact) mass is 290 g/mol. The van der Waals surface area contributed by atoms with Crippen molar-refractivity contribution in [2.45, 2.75) is 25.9 Å². The van der Waals surface area contributed by atoms with Gasteiger partial charge in [-0.25, -0.2) is 0 Å². The Morgan fingerprint density at radius 3 is 2.80 bits per heavy atom. The zero-order valence-corrected chi connectivity index (χ0v) is 13.1. The lowest BCUT2D eigenvalue weighted by molar-refractivity contribution is 0.0997. The van der Waals surface area contributed by atoms with E-state index in [9.17, 15) is 5.11 Å². The van der Waals surface area contributed by atoms with E-state index in [-0.39, 0.29) is 0 Å². The molecule has 108 valence electrons. The second kappa shape index (κ2) is 6.46. The Hall–Kier alpha value is -1.26. The lowest BCUT2D eigenvalue weighted by Crippen LogP contribution is -2.36. The van der Waals surface area contributed by atoms with Crippen LogP contribution >= 0.6 is 11.8 Å². The molecule has 2 rings (SSSR count). The molecule has 1 heterocycles. The van der Waals surface area contributed by atoms with E-state index in [4.69, 9.17) is 0 Å². The van der Waals surface area contributed by atoms with Gasteiger partial charge in [0, 0.05) is 29.1 Å². The number of fused-ring (bicyclic) bond motifs is 1. The van der Waals surface area contributed by atoms with Gasteiger partial charge in [-0.2, -0.15) is 11.8 Å². The molecular formula is C16H22N2OS. The highest BCUT2D eigenvalue weighted by molar-refractivity contribution is 7.98. The number of rotatable bonds is 6. The van der Waals surface area contributed by atoms with Crippen molar-refractivity contribution in [1.82, 2.24) is 4.98 Å². The minimum absolute atomic E-state index is 0.533. The molecule has 0 saturated heterocycles. The molecule has 0 saturated carbocycles. The van der Waals surface area contributed by atoms with Crippen LogP contribution in [0.4, 0.5) is 5.69 Å². The molecule has 2 N–H and O–H groups in total. The van der Waals surface area contributed by atoms with Crippen LogP contribution in [0, 0.1) is 0 Å². The second-order valence-electron chi connectivity index (χ2n) is 5.32. The van der Waals surface area contributed by atoms with E-state index in [1.54, 1.807) is 11.8 Å². The first-order chi connectivity index (χ1) is 9.55. The lowest BCUT2D eigenvalue weighted by Gasteiger charge is -2.23. The smallest absolute Gasteiger partial charge is 0.0880 e. The van der Waals surface area contributed by atoms with Crippen LogP contribution in [0.1, 0.15) is 19.5 Å². The molecule has 1 atom stereocenters. The molecule has 20 heavy (non-hydrogen) atoms. The summed E-state index contributed by atoms with van der Waals surface area (Å²) < 4.78 is 0. The van der Waals surface area contributed by atoms with Crippen LogP contribution in [-0.4, -0.2) is 34.2 Å². The van der Waals surface area contributed by atoms with Crippen LogP contribution in [0.25, 0.3) is 10.9 Å². The van der Waals surface area contributed by atoms with Gasteiger partial charge < -0.3 is 10.4 Å². The van der Waals surface area contributed by atoms with Gasteiger partial charge in [0.2, 0.25) is 0 Å². The number of nitrogens with one attached hydrogen (secondary N) is 1. The second-order valence-corrected chi connectivity index (χ2v) is 6.18. The van der Waals surface area contributed by atoms with Crippen LogP contribution in [-0.2, 0) is 6.42 Å². The van der Waals surface area contributed by atoms with Crippen molar-refractivity contribution in [3.63, 3.8) is 0 Å². The maximum atomic E-state index is 10.3. The summed E-state index contributed by atoms with van der Waals surface area (Å²) in [5, 5.41) is 14.8. The van der Waals surface area contributed by atoms with E-state index >= 15 is 0 Å². The van der Waals surface area contributed by atoms with Gasteiger partial charge in [-0.15, -0.1) is 0 Å². The van der Waals surface area contributed by atoms with Gasteiger partial charge in [0.1, 0.15) is 0 Å². The third kappa shape index (κ3) is 3.64. The van der Waals surface area contributed by atoms with Crippen molar-refractivity contribution in [3.8, 4) is 0 Å². The molecular weight excluding hydrogens is 268 g/mol. The van der Waals surface area contributed by atoms with Gasteiger partial charge in [-0.05, 0) is 31.7 Å².